The summed E-state index contributed by atoms with van der Waals surface area (Å²) in [6.45, 7) is 0. The van der Waals surface area contributed by atoms with Gasteiger partial charge in [-0.15, -0.1) is 0 Å². The Labute approximate surface area is 124 Å². The van der Waals surface area contributed by atoms with E-state index >= 15 is 0 Å². The lowest BCUT2D eigenvalue weighted by atomic mass is 10.1. The van der Waals surface area contributed by atoms with Crippen molar-refractivity contribution in [2.75, 3.05) is 19.1 Å². The van der Waals surface area contributed by atoms with E-state index in [1.807, 2.05) is 12.3 Å². The molecule has 0 aliphatic rings. The minimum Gasteiger partial charge on any atom is -0.612 e. The van der Waals surface area contributed by atoms with Crippen LogP contribution in [-0.4, -0.2) is 32.3 Å². The van der Waals surface area contributed by atoms with Crippen molar-refractivity contribution in [3.8, 4) is 17.0 Å². The topological polar surface area (TPSA) is 88.5 Å². The molecule has 0 radical (unpaired) electrons. The van der Waals surface area contributed by atoms with Gasteiger partial charge in [0.05, 0.1) is 24.7 Å². The smallest absolute Gasteiger partial charge is 0.234 e. The maximum Gasteiger partial charge on any atom is 0.234 e. The van der Waals surface area contributed by atoms with Crippen LogP contribution in [0.2, 0.25) is 0 Å². The molecule has 2 N–H and O–H groups in total. The number of nitrogens with two attached hydrogens (primary N) is 1. The van der Waals surface area contributed by atoms with Gasteiger partial charge in [0.15, 0.2) is 4.90 Å². The first-order chi connectivity index (χ1) is 10.1. The lowest BCUT2D eigenvalue weighted by Gasteiger charge is -2.09. The molecule has 3 aromatic rings. The molecule has 1 unspecified atom stereocenters. The molecule has 1 aromatic carbocycles. The maximum atomic E-state index is 11.6. The van der Waals surface area contributed by atoms with Crippen molar-refractivity contribution in [3.63, 3.8) is 0 Å². The molecule has 0 bridgehead atoms. The van der Waals surface area contributed by atoms with Gasteiger partial charge in [-0.25, -0.2) is 9.97 Å². The van der Waals surface area contributed by atoms with Crippen molar-refractivity contribution < 1.29 is 9.29 Å². The Morgan fingerprint density at radius 2 is 2.14 bits per heavy atom. The summed E-state index contributed by atoms with van der Waals surface area (Å²) in [5, 5.41) is 0. The summed E-state index contributed by atoms with van der Waals surface area (Å²) < 4.78 is 18.7. The number of hydrogen-bond donors (Lipinski definition) is 1. The highest BCUT2D eigenvalue weighted by molar-refractivity contribution is 7.90. The van der Waals surface area contributed by atoms with E-state index in [9.17, 15) is 4.55 Å². The molecule has 21 heavy (non-hydrogen) atoms. The van der Waals surface area contributed by atoms with Crippen LogP contribution in [0.4, 0.5) is 5.69 Å². The van der Waals surface area contributed by atoms with Crippen LogP contribution in [-0.2, 0) is 11.2 Å². The van der Waals surface area contributed by atoms with E-state index in [4.69, 9.17) is 10.5 Å². The first-order valence-electron chi connectivity index (χ1n) is 6.20. The Morgan fingerprint density at radius 1 is 1.33 bits per heavy atom. The predicted molar refractivity (Wildman–Crippen MR) is 81.7 cm³/mol. The molecule has 0 saturated heterocycles. The van der Waals surface area contributed by atoms with Gasteiger partial charge in [-0.05, 0) is 23.3 Å². The second-order valence-electron chi connectivity index (χ2n) is 4.54. The first kappa shape index (κ1) is 13.7. The zero-order valence-corrected chi connectivity index (χ0v) is 12.4. The number of aromatic nitrogens is 3. The number of methoxy groups -OCH3 is 1. The normalized spacial score (nSPS) is 12.5. The van der Waals surface area contributed by atoms with Crippen LogP contribution in [0.3, 0.4) is 0 Å². The van der Waals surface area contributed by atoms with Gasteiger partial charge in [0.2, 0.25) is 5.78 Å². The number of fused-ring (bicyclic) bond motifs is 1. The number of rotatable bonds is 3. The van der Waals surface area contributed by atoms with E-state index < -0.39 is 11.2 Å². The second-order valence-corrected chi connectivity index (χ2v) is 5.92. The van der Waals surface area contributed by atoms with E-state index in [1.54, 1.807) is 42.3 Å². The quantitative estimate of drug-likeness (QED) is 0.744. The average Bonchev–Trinajstić information content (AvgIpc) is 2.89. The van der Waals surface area contributed by atoms with Crippen molar-refractivity contribution in [1.29, 1.82) is 0 Å². The standard InChI is InChI=1S/C14H14N4O2S/c1-20-13-5-10(21(2)19)3-4-11(13)12-8-18-7-9(15)6-16-14(18)17-12/h3-8H,15H2,1-2H3. The van der Waals surface area contributed by atoms with E-state index in [2.05, 4.69) is 9.97 Å². The minimum absolute atomic E-state index is 0.560. The number of nitrogen functional groups attached to an aromatic ring is 1. The Morgan fingerprint density at radius 3 is 2.86 bits per heavy atom. The Bertz CT molecular complexity index is 801. The summed E-state index contributed by atoms with van der Waals surface area (Å²) >= 11 is -1.06. The molecule has 0 fully saturated rings. The molecule has 3 rings (SSSR count). The van der Waals surface area contributed by atoms with Crippen LogP contribution in [0.25, 0.3) is 17.0 Å². The summed E-state index contributed by atoms with van der Waals surface area (Å²) in [6.07, 6.45) is 6.78. The van der Waals surface area contributed by atoms with E-state index in [1.165, 1.54) is 0 Å². The number of nitrogens with zero attached hydrogens (tertiary/aromatic N) is 3. The molecule has 0 aliphatic carbocycles. The molecule has 7 heteroatoms. The molecule has 6 nitrogen and oxygen atoms in total. The zero-order chi connectivity index (χ0) is 15.0. The van der Waals surface area contributed by atoms with Crippen molar-refractivity contribution in [2.45, 2.75) is 4.90 Å². The molecule has 2 aromatic heterocycles. The highest BCUT2D eigenvalue weighted by Crippen LogP contribution is 2.31. The zero-order valence-electron chi connectivity index (χ0n) is 11.6. The number of ether oxygens (including phenoxy) is 1. The molecule has 2 heterocycles. The van der Waals surface area contributed by atoms with E-state index in [0.717, 1.165) is 11.3 Å². The van der Waals surface area contributed by atoms with Gasteiger partial charge < -0.3 is 15.0 Å². The molecular formula is C14H14N4O2S. The average molecular weight is 302 g/mol. The number of anilines is 1. The molecule has 108 valence electrons. The lowest BCUT2D eigenvalue weighted by molar-refractivity contribution is 0.415. The fourth-order valence-electron chi connectivity index (χ4n) is 2.09. The van der Waals surface area contributed by atoms with Gasteiger partial charge >= 0.3 is 0 Å². The Balaban J connectivity index is 2.13. The third-order valence-corrected chi connectivity index (χ3v) is 4.03. The van der Waals surface area contributed by atoms with Crippen molar-refractivity contribution in [2.24, 2.45) is 0 Å². The van der Waals surface area contributed by atoms with Crippen LogP contribution in [0.1, 0.15) is 0 Å². The molecular weight excluding hydrogens is 288 g/mol. The largest absolute Gasteiger partial charge is 0.612 e. The summed E-state index contributed by atoms with van der Waals surface area (Å²) in [5.74, 6) is 1.18. The van der Waals surface area contributed by atoms with E-state index in [0.29, 0.717) is 22.1 Å². The van der Waals surface area contributed by atoms with Crippen molar-refractivity contribution >= 4 is 22.6 Å². The summed E-state index contributed by atoms with van der Waals surface area (Å²) in [5.41, 5.74) is 7.81. The van der Waals surface area contributed by atoms with Crippen LogP contribution < -0.4 is 10.5 Å². The lowest BCUT2D eigenvalue weighted by Crippen LogP contribution is -1.98. The van der Waals surface area contributed by atoms with Crippen LogP contribution in [0, 0.1) is 0 Å². The predicted octanol–water partition coefficient (Wildman–Crippen LogP) is 1.72. The van der Waals surface area contributed by atoms with Gasteiger partial charge in [-0.3, -0.25) is 4.40 Å². The van der Waals surface area contributed by atoms with Gasteiger partial charge in [0, 0.05) is 24.0 Å². The highest BCUT2D eigenvalue weighted by atomic mass is 32.2. The van der Waals surface area contributed by atoms with Crippen LogP contribution in [0.15, 0.2) is 41.7 Å². The van der Waals surface area contributed by atoms with E-state index in [-0.39, 0.29) is 0 Å². The minimum atomic E-state index is -1.06. The third kappa shape index (κ3) is 2.53. The Kier molecular flexibility index (Phi) is 3.44. The molecule has 0 saturated carbocycles. The van der Waals surface area contributed by atoms with Gasteiger partial charge in [0.25, 0.3) is 0 Å². The van der Waals surface area contributed by atoms with Gasteiger partial charge in [-0.1, -0.05) is 0 Å². The number of hydrogen-bond acceptors (Lipinski definition) is 5. The van der Waals surface area contributed by atoms with Gasteiger partial charge in [-0.2, -0.15) is 0 Å². The van der Waals surface area contributed by atoms with Crippen molar-refractivity contribution in [3.05, 3.63) is 36.8 Å². The Hall–Kier alpha value is -2.25. The maximum absolute atomic E-state index is 11.6. The van der Waals surface area contributed by atoms with Crippen LogP contribution >= 0.6 is 0 Å². The number of benzene rings is 1. The monoisotopic (exact) mass is 302 g/mol. The summed E-state index contributed by atoms with van der Waals surface area (Å²) in [6, 6.07) is 5.41. The third-order valence-electron chi connectivity index (χ3n) is 3.11. The second kappa shape index (κ2) is 5.27. The van der Waals surface area contributed by atoms with Crippen molar-refractivity contribution in [1.82, 2.24) is 14.4 Å². The fourth-order valence-corrected chi connectivity index (χ4v) is 2.62. The molecule has 0 amide bonds. The number of imidazole rings is 1. The van der Waals surface area contributed by atoms with Crippen LogP contribution in [0.5, 0.6) is 5.75 Å². The summed E-state index contributed by atoms with van der Waals surface area (Å²) in [7, 11) is 1.58. The molecule has 0 aliphatic heterocycles. The molecule has 0 spiro atoms. The fraction of sp³-hybridized carbons (Fsp3) is 0.143. The van der Waals surface area contributed by atoms with Gasteiger partial charge in [0.1, 0.15) is 12.0 Å². The highest BCUT2D eigenvalue weighted by Gasteiger charge is 2.14. The first-order valence-corrected chi connectivity index (χ1v) is 7.76. The SMILES string of the molecule is COc1cc([S+](C)[O-])ccc1-c1cn2cc(N)cnc2n1. The molecule has 1 atom stereocenters. The summed E-state index contributed by atoms with van der Waals surface area (Å²) in [4.78, 5) is 9.32.